The summed E-state index contributed by atoms with van der Waals surface area (Å²) in [6.45, 7) is 2.49. The molecule has 3 N–H and O–H groups in total. The van der Waals surface area contributed by atoms with Crippen LogP contribution in [0.25, 0.3) is 0 Å². The number of rotatable bonds is 7. The fraction of sp³-hybridized carbons (Fsp3) is 0.185. The van der Waals surface area contributed by atoms with Gasteiger partial charge in [0.1, 0.15) is 17.2 Å². The second-order valence-electron chi connectivity index (χ2n) is 8.66. The van der Waals surface area contributed by atoms with E-state index >= 15 is 0 Å². The number of fused-ring (bicyclic) bond motifs is 1. The number of halogens is 3. The third-order valence-electron chi connectivity index (χ3n) is 5.93. The van der Waals surface area contributed by atoms with E-state index in [1.165, 1.54) is 17.7 Å². The molecule has 0 radical (unpaired) electrons. The molecule has 2 amide bonds. The van der Waals surface area contributed by atoms with E-state index in [0.29, 0.717) is 11.4 Å². The molecule has 0 spiro atoms. The Labute approximate surface area is 216 Å². The van der Waals surface area contributed by atoms with E-state index in [2.05, 4.69) is 42.4 Å². The number of urea groups is 1. The minimum absolute atomic E-state index is 0.221. The summed E-state index contributed by atoms with van der Waals surface area (Å²) < 4.78 is 47.0. The van der Waals surface area contributed by atoms with Crippen molar-refractivity contribution in [2.45, 2.75) is 25.9 Å². The van der Waals surface area contributed by atoms with Gasteiger partial charge in [0.2, 0.25) is 5.88 Å². The van der Waals surface area contributed by atoms with Crippen LogP contribution in [0.1, 0.15) is 16.8 Å². The number of aromatic nitrogens is 2. The Balaban J connectivity index is 1.24. The molecule has 1 aliphatic rings. The third-order valence-corrected chi connectivity index (χ3v) is 5.93. The predicted octanol–water partition coefficient (Wildman–Crippen LogP) is 6.30. The molecule has 0 bridgehead atoms. The van der Waals surface area contributed by atoms with Crippen LogP contribution in [-0.4, -0.2) is 33.8 Å². The van der Waals surface area contributed by atoms with Crippen LogP contribution in [0, 0.1) is 0 Å². The van der Waals surface area contributed by atoms with Crippen molar-refractivity contribution in [3.8, 4) is 17.4 Å². The fourth-order valence-electron chi connectivity index (χ4n) is 4.27. The van der Waals surface area contributed by atoms with Gasteiger partial charge in [0.15, 0.2) is 0 Å². The van der Waals surface area contributed by atoms with E-state index in [1.807, 2.05) is 24.4 Å². The number of hydrogen-bond acceptors (Lipinski definition) is 5. The lowest BCUT2D eigenvalue weighted by Gasteiger charge is -2.29. The van der Waals surface area contributed by atoms with E-state index < -0.39 is 12.4 Å². The Kier molecular flexibility index (Phi) is 7.18. The number of alkyl halides is 3. The Morgan fingerprint density at radius 2 is 1.87 bits per heavy atom. The maximum atomic E-state index is 12.6. The molecule has 2 aromatic heterocycles. The summed E-state index contributed by atoms with van der Waals surface area (Å²) in [6, 6.07) is 17.5. The van der Waals surface area contributed by atoms with Crippen LogP contribution in [0.4, 0.5) is 29.3 Å². The largest absolute Gasteiger partial charge is 0.573 e. The highest BCUT2D eigenvalue weighted by Crippen LogP contribution is 2.34. The molecular weight excluding hydrogens is 499 g/mol. The zero-order valence-electron chi connectivity index (χ0n) is 20.1. The third kappa shape index (κ3) is 6.43. The summed E-state index contributed by atoms with van der Waals surface area (Å²) in [7, 11) is 0. The highest BCUT2D eigenvalue weighted by Gasteiger charge is 2.31. The molecule has 0 unspecified atom stereocenters. The minimum Gasteiger partial charge on any atom is -0.437 e. The molecule has 0 aliphatic carbocycles. The number of nitrogens with zero attached hydrogens (tertiary/aromatic N) is 2. The number of ether oxygens (including phenoxy) is 2. The van der Waals surface area contributed by atoms with E-state index in [-0.39, 0.29) is 17.3 Å². The summed E-state index contributed by atoms with van der Waals surface area (Å²) in [4.78, 5) is 22.5. The van der Waals surface area contributed by atoms with Gasteiger partial charge in [-0.05, 0) is 66.6 Å². The van der Waals surface area contributed by atoms with Gasteiger partial charge in [-0.2, -0.15) is 0 Å². The van der Waals surface area contributed by atoms with Crippen molar-refractivity contribution in [3.05, 3.63) is 95.9 Å². The molecular formula is C27H24F3N5O3. The lowest BCUT2D eigenvalue weighted by molar-refractivity contribution is -0.274. The lowest BCUT2D eigenvalue weighted by atomic mass is 9.98. The normalized spacial score (nSPS) is 13.4. The number of carbonyl (C=O) groups is 1. The average molecular weight is 524 g/mol. The van der Waals surface area contributed by atoms with Crippen LogP contribution in [0.15, 0.2) is 79.1 Å². The SMILES string of the molecule is O=C(Nc1ccc(OC(F)(F)F)cc1)Nc1cccnc1Oc1cccc2c1CCN(Cc1ccc[nH]1)C2. The van der Waals surface area contributed by atoms with Crippen molar-refractivity contribution in [1.82, 2.24) is 14.9 Å². The van der Waals surface area contributed by atoms with Gasteiger partial charge in [0.05, 0.1) is 0 Å². The highest BCUT2D eigenvalue weighted by molar-refractivity contribution is 6.00. The Bertz CT molecular complexity index is 1390. The van der Waals surface area contributed by atoms with Gasteiger partial charge in [-0.3, -0.25) is 4.90 Å². The van der Waals surface area contributed by atoms with Crippen molar-refractivity contribution in [1.29, 1.82) is 0 Å². The first-order chi connectivity index (χ1) is 18.3. The van der Waals surface area contributed by atoms with Crippen LogP contribution < -0.4 is 20.1 Å². The van der Waals surface area contributed by atoms with Crippen LogP contribution in [0.5, 0.6) is 17.4 Å². The van der Waals surface area contributed by atoms with Crippen LogP contribution in [0.3, 0.4) is 0 Å². The molecule has 2 aromatic carbocycles. The number of amides is 2. The second-order valence-corrected chi connectivity index (χ2v) is 8.66. The maximum absolute atomic E-state index is 12.6. The van der Waals surface area contributed by atoms with E-state index in [0.717, 1.165) is 49.4 Å². The first-order valence-corrected chi connectivity index (χ1v) is 11.8. The number of hydrogen-bond donors (Lipinski definition) is 3. The van der Waals surface area contributed by atoms with Crippen LogP contribution in [-0.2, 0) is 19.5 Å². The van der Waals surface area contributed by atoms with Crippen LogP contribution >= 0.6 is 0 Å². The quantitative estimate of drug-likeness (QED) is 0.264. The summed E-state index contributed by atoms with van der Waals surface area (Å²) >= 11 is 0. The van der Waals surface area contributed by atoms with E-state index in [4.69, 9.17) is 4.74 Å². The van der Waals surface area contributed by atoms with E-state index in [9.17, 15) is 18.0 Å². The molecule has 0 atom stereocenters. The zero-order chi connectivity index (χ0) is 26.5. The average Bonchev–Trinajstić information content (AvgIpc) is 3.39. The number of carbonyl (C=O) groups excluding carboxylic acids is 1. The molecule has 196 valence electrons. The summed E-state index contributed by atoms with van der Waals surface area (Å²) in [5.41, 5.74) is 4.04. The highest BCUT2D eigenvalue weighted by atomic mass is 19.4. The lowest BCUT2D eigenvalue weighted by Crippen LogP contribution is -2.30. The first kappa shape index (κ1) is 25.2. The van der Waals surface area contributed by atoms with Crippen LogP contribution in [0.2, 0.25) is 0 Å². The Hall–Kier alpha value is -4.51. The van der Waals surface area contributed by atoms with Crippen molar-refractivity contribution in [2.24, 2.45) is 0 Å². The van der Waals surface area contributed by atoms with Gasteiger partial charge in [0, 0.05) is 49.0 Å². The second kappa shape index (κ2) is 10.9. The topological polar surface area (TPSA) is 91.5 Å². The van der Waals surface area contributed by atoms with Crippen molar-refractivity contribution in [2.75, 3.05) is 17.2 Å². The minimum atomic E-state index is -4.79. The molecule has 0 saturated heterocycles. The van der Waals surface area contributed by atoms with Crippen molar-refractivity contribution < 1.29 is 27.4 Å². The number of aromatic amines is 1. The van der Waals surface area contributed by atoms with Crippen molar-refractivity contribution in [3.63, 3.8) is 0 Å². The number of pyridine rings is 1. The van der Waals surface area contributed by atoms with E-state index in [1.54, 1.807) is 18.3 Å². The summed E-state index contributed by atoms with van der Waals surface area (Å²) in [5, 5.41) is 5.25. The van der Waals surface area contributed by atoms with Gasteiger partial charge < -0.3 is 25.1 Å². The summed E-state index contributed by atoms with van der Waals surface area (Å²) in [5.74, 6) is 0.508. The van der Waals surface area contributed by atoms with Gasteiger partial charge in [0.25, 0.3) is 0 Å². The van der Waals surface area contributed by atoms with Gasteiger partial charge in [-0.1, -0.05) is 12.1 Å². The number of nitrogens with one attached hydrogen (secondary N) is 3. The molecule has 0 fully saturated rings. The molecule has 4 aromatic rings. The predicted molar refractivity (Wildman–Crippen MR) is 135 cm³/mol. The molecule has 8 nitrogen and oxygen atoms in total. The smallest absolute Gasteiger partial charge is 0.437 e. The number of benzene rings is 2. The van der Waals surface area contributed by atoms with Crippen molar-refractivity contribution >= 4 is 17.4 Å². The standard InChI is InChI=1S/C27H24F3N5O3/c28-27(29,30)38-21-10-8-19(9-11-21)33-26(36)34-23-6-3-14-32-25(23)37-24-7-1-4-18-16-35(15-12-22(18)24)17-20-5-2-13-31-20/h1-11,13-14,31H,12,15-17H2,(H2,33,34,36). The molecule has 11 heteroatoms. The monoisotopic (exact) mass is 523 g/mol. The maximum Gasteiger partial charge on any atom is 0.573 e. The zero-order valence-corrected chi connectivity index (χ0v) is 20.1. The summed E-state index contributed by atoms with van der Waals surface area (Å²) in [6.07, 6.45) is -0.508. The molecule has 3 heterocycles. The molecule has 0 saturated carbocycles. The van der Waals surface area contributed by atoms with Gasteiger partial charge in [-0.15, -0.1) is 13.2 Å². The van der Waals surface area contributed by atoms with Gasteiger partial charge >= 0.3 is 12.4 Å². The van der Waals surface area contributed by atoms with Gasteiger partial charge in [-0.25, -0.2) is 9.78 Å². The Morgan fingerprint density at radius 1 is 1.03 bits per heavy atom. The fourth-order valence-corrected chi connectivity index (χ4v) is 4.27. The first-order valence-electron chi connectivity index (χ1n) is 11.8. The number of H-pyrrole nitrogens is 1. The number of anilines is 2. The molecule has 5 rings (SSSR count). The molecule has 38 heavy (non-hydrogen) atoms. The molecule has 1 aliphatic heterocycles. The Morgan fingerprint density at radius 3 is 2.63 bits per heavy atom.